The lowest BCUT2D eigenvalue weighted by atomic mass is 10.2. The van der Waals surface area contributed by atoms with Crippen LogP contribution in [-0.2, 0) is 22.3 Å². The smallest absolute Gasteiger partial charge is 0.240 e. The predicted molar refractivity (Wildman–Crippen MR) is 77.0 cm³/mol. The largest absolute Gasteiger partial charge is 0.250 e. The van der Waals surface area contributed by atoms with Crippen molar-refractivity contribution in [1.29, 1.82) is 0 Å². The van der Waals surface area contributed by atoms with Crippen molar-refractivity contribution in [2.75, 3.05) is 6.54 Å². The Hall–Kier alpha value is -0.950. The Morgan fingerprint density at radius 2 is 2.21 bits per heavy atom. The minimum atomic E-state index is -3.48. The van der Waals surface area contributed by atoms with Crippen LogP contribution in [0.1, 0.15) is 10.6 Å². The third-order valence-corrected chi connectivity index (χ3v) is 5.08. The van der Waals surface area contributed by atoms with E-state index in [4.69, 9.17) is 11.6 Å². The summed E-state index contributed by atoms with van der Waals surface area (Å²) < 4.78 is 26.7. The van der Waals surface area contributed by atoms with Gasteiger partial charge in [0.15, 0.2) is 0 Å². The van der Waals surface area contributed by atoms with Crippen LogP contribution in [0, 0.1) is 0 Å². The van der Waals surface area contributed by atoms with Gasteiger partial charge in [-0.25, -0.2) is 18.1 Å². The monoisotopic (exact) mass is 316 g/mol. The van der Waals surface area contributed by atoms with Crippen LogP contribution < -0.4 is 4.72 Å². The second kappa shape index (κ2) is 6.47. The molecule has 1 N–H and O–H groups in total. The zero-order chi connectivity index (χ0) is 13.7. The Balaban J connectivity index is 2.01. The van der Waals surface area contributed by atoms with Gasteiger partial charge >= 0.3 is 0 Å². The Labute approximate surface area is 121 Å². The first kappa shape index (κ1) is 14.5. The van der Waals surface area contributed by atoms with Crippen molar-refractivity contribution in [3.8, 4) is 0 Å². The van der Waals surface area contributed by atoms with E-state index < -0.39 is 10.0 Å². The predicted octanol–water partition coefficient (Wildman–Crippen LogP) is 2.40. The van der Waals surface area contributed by atoms with E-state index in [2.05, 4.69) is 9.71 Å². The van der Waals surface area contributed by atoms with Crippen LogP contribution in [0.15, 0.2) is 40.7 Å². The van der Waals surface area contributed by atoms with Gasteiger partial charge in [0.1, 0.15) is 0 Å². The Morgan fingerprint density at radius 3 is 2.89 bits per heavy atom. The van der Waals surface area contributed by atoms with Gasteiger partial charge in [-0.05, 0) is 17.7 Å². The highest BCUT2D eigenvalue weighted by Crippen LogP contribution is 2.13. The standard InChI is InChI=1S/C12H13ClN2O2S2/c13-9-10-2-1-3-11(8-10)19(16,17)15-5-4-12-14-6-7-18-12/h1-3,6-8,15H,4-5,9H2. The van der Waals surface area contributed by atoms with E-state index in [0.717, 1.165) is 10.6 Å². The summed E-state index contributed by atoms with van der Waals surface area (Å²) in [4.78, 5) is 4.34. The summed E-state index contributed by atoms with van der Waals surface area (Å²) in [6.45, 7) is 0.334. The van der Waals surface area contributed by atoms with Crippen LogP contribution >= 0.6 is 22.9 Å². The molecule has 0 atom stereocenters. The van der Waals surface area contributed by atoms with Gasteiger partial charge < -0.3 is 0 Å². The van der Waals surface area contributed by atoms with E-state index in [1.165, 1.54) is 11.3 Å². The van der Waals surface area contributed by atoms with Crippen molar-refractivity contribution < 1.29 is 8.42 Å². The van der Waals surface area contributed by atoms with Crippen LogP contribution in [-0.4, -0.2) is 19.9 Å². The number of nitrogens with zero attached hydrogens (tertiary/aromatic N) is 1. The second-order valence-electron chi connectivity index (χ2n) is 3.85. The zero-order valence-electron chi connectivity index (χ0n) is 10.0. The van der Waals surface area contributed by atoms with Crippen LogP contribution in [0.2, 0.25) is 0 Å². The molecular weight excluding hydrogens is 304 g/mol. The summed E-state index contributed by atoms with van der Waals surface area (Å²) >= 11 is 7.21. The maximum Gasteiger partial charge on any atom is 0.240 e. The summed E-state index contributed by atoms with van der Waals surface area (Å²) in [5.41, 5.74) is 0.782. The van der Waals surface area contributed by atoms with Gasteiger partial charge in [-0.2, -0.15) is 0 Å². The lowest BCUT2D eigenvalue weighted by Crippen LogP contribution is -2.26. The first-order valence-electron chi connectivity index (χ1n) is 5.65. The topological polar surface area (TPSA) is 59.1 Å². The number of thiazole rings is 1. The highest BCUT2D eigenvalue weighted by atomic mass is 35.5. The molecule has 2 rings (SSSR count). The van der Waals surface area contributed by atoms with Gasteiger partial charge in [0.25, 0.3) is 0 Å². The average Bonchev–Trinajstić information content (AvgIpc) is 2.92. The number of hydrogen-bond donors (Lipinski definition) is 1. The third-order valence-electron chi connectivity index (χ3n) is 2.48. The zero-order valence-corrected chi connectivity index (χ0v) is 12.4. The molecule has 0 aliphatic carbocycles. The van der Waals surface area contributed by atoms with Crippen molar-refractivity contribution in [2.24, 2.45) is 0 Å². The molecule has 1 aromatic heterocycles. The number of hydrogen-bond acceptors (Lipinski definition) is 4. The van der Waals surface area contributed by atoms with Gasteiger partial charge in [-0.1, -0.05) is 12.1 Å². The maximum atomic E-state index is 12.1. The van der Waals surface area contributed by atoms with E-state index in [0.29, 0.717) is 18.8 Å². The molecule has 4 nitrogen and oxygen atoms in total. The summed E-state index contributed by atoms with van der Waals surface area (Å²) in [5, 5.41) is 2.78. The normalized spacial score (nSPS) is 11.6. The maximum absolute atomic E-state index is 12.1. The molecule has 0 saturated carbocycles. The molecule has 0 bridgehead atoms. The molecule has 1 heterocycles. The SMILES string of the molecule is O=S(=O)(NCCc1nccs1)c1cccc(CCl)c1. The van der Waals surface area contributed by atoms with Gasteiger partial charge in [-0.15, -0.1) is 22.9 Å². The fourth-order valence-electron chi connectivity index (χ4n) is 1.55. The number of sulfonamides is 1. The Bertz CT molecular complexity index is 627. The molecule has 0 radical (unpaired) electrons. The van der Waals surface area contributed by atoms with E-state index in [9.17, 15) is 8.42 Å². The number of alkyl halides is 1. The molecule has 0 saturated heterocycles. The highest BCUT2D eigenvalue weighted by molar-refractivity contribution is 7.89. The average molecular weight is 317 g/mol. The summed E-state index contributed by atoms with van der Waals surface area (Å²) in [6.07, 6.45) is 2.30. The Kier molecular flexibility index (Phi) is 4.93. The fourth-order valence-corrected chi connectivity index (χ4v) is 3.44. The van der Waals surface area contributed by atoms with Gasteiger partial charge in [0.2, 0.25) is 10.0 Å². The van der Waals surface area contributed by atoms with E-state index in [-0.39, 0.29) is 4.90 Å². The molecular formula is C12H13ClN2O2S2. The van der Waals surface area contributed by atoms with E-state index in [1.807, 2.05) is 5.38 Å². The fraction of sp³-hybridized carbons (Fsp3) is 0.250. The minimum absolute atomic E-state index is 0.241. The van der Waals surface area contributed by atoms with Crippen molar-refractivity contribution in [3.63, 3.8) is 0 Å². The minimum Gasteiger partial charge on any atom is -0.250 e. The van der Waals surface area contributed by atoms with Crippen molar-refractivity contribution in [1.82, 2.24) is 9.71 Å². The molecule has 7 heteroatoms. The Morgan fingerprint density at radius 1 is 1.37 bits per heavy atom. The third kappa shape index (κ3) is 4.01. The lowest BCUT2D eigenvalue weighted by Gasteiger charge is -2.06. The molecule has 0 unspecified atom stereocenters. The van der Waals surface area contributed by atoms with Gasteiger partial charge in [0.05, 0.1) is 9.90 Å². The molecule has 102 valence electrons. The van der Waals surface area contributed by atoms with E-state index >= 15 is 0 Å². The van der Waals surface area contributed by atoms with Crippen molar-refractivity contribution in [3.05, 3.63) is 46.4 Å². The molecule has 2 aromatic rings. The van der Waals surface area contributed by atoms with Crippen molar-refractivity contribution in [2.45, 2.75) is 17.2 Å². The molecule has 0 spiro atoms. The van der Waals surface area contributed by atoms with Crippen LogP contribution in [0.4, 0.5) is 0 Å². The number of nitrogens with one attached hydrogen (secondary N) is 1. The summed E-state index contributed by atoms with van der Waals surface area (Å²) in [7, 11) is -3.48. The first-order chi connectivity index (χ1) is 9.12. The highest BCUT2D eigenvalue weighted by Gasteiger charge is 2.13. The number of benzene rings is 1. The molecule has 0 aliphatic rings. The number of rotatable bonds is 6. The van der Waals surface area contributed by atoms with Gasteiger partial charge in [0, 0.05) is 30.4 Å². The molecule has 0 aliphatic heterocycles. The van der Waals surface area contributed by atoms with Gasteiger partial charge in [-0.3, -0.25) is 0 Å². The molecule has 19 heavy (non-hydrogen) atoms. The van der Waals surface area contributed by atoms with Crippen LogP contribution in [0.3, 0.4) is 0 Å². The molecule has 1 aromatic carbocycles. The number of aromatic nitrogens is 1. The summed E-state index contributed by atoms with van der Waals surface area (Å²) in [6, 6.07) is 6.62. The van der Waals surface area contributed by atoms with Crippen molar-refractivity contribution >= 4 is 33.0 Å². The molecule has 0 fully saturated rings. The molecule has 0 amide bonds. The lowest BCUT2D eigenvalue weighted by molar-refractivity contribution is 0.581. The van der Waals surface area contributed by atoms with Crippen LogP contribution in [0.5, 0.6) is 0 Å². The quantitative estimate of drug-likeness (QED) is 0.833. The van der Waals surface area contributed by atoms with E-state index in [1.54, 1.807) is 30.5 Å². The second-order valence-corrected chi connectivity index (χ2v) is 6.87. The number of halogens is 1. The van der Waals surface area contributed by atoms with Crippen LogP contribution in [0.25, 0.3) is 0 Å². The summed E-state index contributed by atoms with van der Waals surface area (Å²) in [5.74, 6) is 0.294. The first-order valence-corrected chi connectivity index (χ1v) is 8.54.